The number of unbranched alkanes of at least 4 members (excludes halogenated alkanes) is 1. The largest absolute Gasteiger partial charge is 0.385 e. The smallest absolute Gasteiger partial charge is 0.0447 e. The minimum Gasteiger partial charge on any atom is -0.385 e. The number of rotatable bonds is 13. The third-order valence-electron chi connectivity index (χ3n) is 14.6. The predicted octanol–water partition coefficient (Wildman–Crippen LogP) is 13.9. The molecule has 0 bridgehead atoms. The lowest BCUT2D eigenvalue weighted by Crippen LogP contribution is -2.32. The van der Waals surface area contributed by atoms with E-state index < -0.39 is 0 Å². The fourth-order valence-electron chi connectivity index (χ4n) is 11.5. The van der Waals surface area contributed by atoms with Gasteiger partial charge in [-0.15, -0.1) is 11.8 Å². The second-order valence-corrected chi connectivity index (χ2v) is 19.8. The molecule has 2 N–H and O–H groups in total. The molecular weight excluding hydrogens is 709 g/mol. The molecular formula is C54H68N2S. The summed E-state index contributed by atoms with van der Waals surface area (Å²) in [6.07, 6.45) is 61.9. The van der Waals surface area contributed by atoms with Gasteiger partial charge in [-0.1, -0.05) is 103 Å². The Morgan fingerprint density at radius 1 is 0.737 bits per heavy atom. The Morgan fingerprint density at radius 3 is 2.58 bits per heavy atom. The van der Waals surface area contributed by atoms with Gasteiger partial charge >= 0.3 is 0 Å². The molecule has 7 unspecified atom stereocenters. The van der Waals surface area contributed by atoms with Gasteiger partial charge in [-0.25, -0.2) is 0 Å². The van der Waals surface area contributed by atoms with Gasteiger partial charge in [0.25, 0.3) is 0 Å². The highest BCUT2D eigenvalue weighted by Crippen LogP contribution is 2.54. The van der Waals surface area contributed by atoms with Crippen LogP contribution in [-0.4, -0.2) is 23.1 Å². The fourth-order valence-corrected chi connectivity index (χ4v) is 13.4. The number of thioether (sulfide) groups is 1. The van der Waals surface area contributed by atoms with Gasteiger partial charge in [0.2, 0.25) is 0 Å². The lowest BCUT2D eigenvalue weighted by Gasteiger charge is -2.34. The van der Waals surface area contributed by atoms with Crippen LogP contribution in [0, 0.1) is 23.7 Å². The number of fused-ring (bicyclic) bond motifs is 3. The van der Waals surface area contributed by atoms with E-state index in [0.717, 1.165) is 43.9 Å². The molecule has 0 aromatic carbocycles. The van der Waals surface area contributed by atoms with Crippen molar-refractivity contribution in [3.63, 3.8) is 0 Å². The Hall–Kier alpha value is -3.43. The van der Waals surface area contributed by atoms with Crippen LogP contribution in [-0.2, 0) is 0 Å². The number of allylic oxidation sites excluding steroid dienone is 22. The van der Waals surface area contributed by atoms with E-state index in [-0.39, 0.29) is 0 Å². The summed E-state index contributed by atoms with van der Waals surface area (Å²) in [6, 6.07) is 0.437. The Labute approximate surface area is 349 Å². The summed E-state index contributed by atoms with van der Waals surface area (Å²) in [5.74, 6) is 2.29. The Kier molecular flexibility index (Phi) is 12.8. The van der Waals surface area contributed by atoms with Crippen molar-refractivity contribution in [1.82, 2.24) is 10.6 Å². The highest BCUT2D eigenvalue weighted by atomic mass is 32.2. The van der Waals surface area contributed by atoms with Crippen LogP contribution >= 0.6 is 11.8 Å². The summed E-state index contributed by atoms with van der Waals surface area (Å²) in [5, 5.41) is 9.25. The van der Waals surface area contributed by atoms with Crippen LogP contribution in [0.5, 0.6) is 0 Å². The molecule has 0 saturated carbocycles. The van der Waals surface area contributed by atoms with Gasteiger partial charge in [-0.2, -0.15) is 0 Å². The summed E-state index contributed by atoms with van der Waals surface area (Å²) in [6.45, 7) is 5.69. The maximum absolute atomic E-state index is 4.64. The SMILES string of the molecule is C=C(CCCCNC1=CCCC=C1)C1=CC(C2=CC=CC(C3=C(NC4C=C(C5=CCCCC5)CCC4)CCC(C4=CC=CC5C4SC4CCC=CC45)=C3)C2)CCC1. The molecule has 1 heterocycles. The van der Waals surface area contributed by atoms with Gasteiger partial charge in [-0.05, 0) is 180 Å². The minimum absolute atomic E-state index is 0.414. The molecule has 300 valence electrons. The van der Waals surface area contributed by atoms with E-state index in [9.17, 15) is 0 Å². The van der Waals surface area contributed by atoms with Gasteiger partial charge in [0.15, 0.2) is 0 Å². The lowest BCUT2D eigenvalue weighted by molar-refractivity contribution is 0.465. The molecule has 57 heavy (non-hydrogen) atoms. The topological polar surface area (TPSA) is 24.1 Å². The first-order valence-electron chi connectivity index (χ1n) is 23.3. The lowest BCUT2D eigenvalue weighted by atomic mass is 9.73. The molecule has 9 aliphatic rings. The predicted molar refractivity (Wildman–Crippen MR) is 246 cm³/mol. The zero-order valence-electron chi connectivity index (χ0n) is 34.7. The molecule has 0 radical (unpaired) electrons. The molecule has 1 saturated heterocycles. The van der Waals surface area contributed by atoms with Crippen LogP contribution in [0.3, 0.4) is 0 Å². The minimum atomic E-state index is 0.414. The van der Waals surface area contributed by atoms with E-state index in [1.165, 1.54) is 119 Å². The Balaban J connectivity index is 0.924. The first-order chi connectivity index (χ1) is 28.2. The Morgan fingerprint density at radius 2 is 1.67 bits per heavy atom. The normalized spacial score (nSPS) is 32.2. The summed E-state index contributed by atoms with van der Waals surface area (Å²) in [4.78, 5) is 0. The molecule has 2 nitrogen and oxygen atoms in total. The molecule has 0 spiro atoms. The highest BCUT2D eigenvalue weighted by Gasteiger charge is 2.45. The quantitative estimate of drug-likeness (QED) is 0.144. The zero-order valence-corrected chi connectivity index (χ0v) is 35.5. The van der Waals surface area contributed by atoms with Gasteiger partial charge in [0.05, 0.1) is 0 Å². The van der Waals surface area contributed by atoms with Crippen molar-refractivity contribution in [2.24, 2.45) is 23.7 Å². The second-order valence-electron chi connectivity index (χ2n) is 18.4. The van der Waals surface area contributed by atoms with E-state index in [1.54, 1.807) is 33.4 Å². The third kappa shape index (κ3) is 9.25. The van der Waals surface area contributed by atoms with Crippen molar-refractivity contribution in [2.45, 2.75) is 145 Å². The Bertz CT molecular complexity index is 1910. The monoisotopic (exact) mass is 777 g/mol. The average Bonchev–Trinajstić information content (AvgIpc) is 3.66. The fraction of sp³-hybridized carbons (Fsp3) is 0.519. The molecule has 0 aromatic rings. The maximum atomic E-state index is 4.64. The van der Waals surface area contributed by atoms with Gasteiger partial charge in [0, 0.05) is 46.3 Å². The first kappa shape index (κ1) is 39.1. The van der Waals surface area contributed by atoms with Gasteiger partial charge < -0.3 is 10.6 Å². The van der Waals surface area contributed by atoms with Crippen molar-refractivity contribution >= 4 is 11.8 Å². The van der Waals surface area contributed by atoms with Crippen LogP contribution in [0.2, 0.25) is 0 Å². The van der Waals surface area contributed by atoms with Gasteiger partial charge in [0.1, 0.15) is 0 Å². The second kappa shape index (κ2) is 18.7. The van der Waals surface area contributed by atoms with Crippen LogP contribution in [0.25, 0.3) is 0 Å². The van der Waals surface area contributed by atoms with E-state index >= 15 is 0 Å². The molecule has 1 aliphatic heterocycles. The van der Waals surface area contributed by atoms with E-state index in [4.69, 9.17) is 0 Å². The number of hydrogen-bond acceptors (Lipinski definition) is 3. The highest BCUT2D eigenvalue weighted by molar-refractivity contribution is 8.01. The summed E-state index contributed by atoms with van der Waals surface area (Å²) >= 11 is 2.29. The standard InChI is InChI=1S/C54H68N2S/c1-38(16-10-11-33-55-46-24-6-3-7-25-46)40-19-12-20-41(34-40)42-21-13-23-44(35-42)51-37-45(48-28-15-29-50-49-27-8-9-30-53(49)57-54(48)50)31-32-52(51)56-47-26-14-22-43(36-47)39-17-4-2-5-18-39/h6,8,13,15,17,21,23-25,27-29,34,36-37,41,44,47,49-50,53-56H,1-5,7,9-12,14,16,18-20,22,26,30-33,35H2. The van der Waals surface area contributed by atoms with Gasteiger partial charge in [-0.3, -0.25) is 0 Å². The summed E-state index contributed by atoms with van der Waals surface area (Å²) < 4.78 is 0. The first-order valence-corrected chi connectivity index (χ1v) is 24.3. The molecule has 7 atom stereocenters. The number of hydrogen-bond donors (Lipinski definition) is 2. The van der Waals surface area contributed by atoms with Crippen molar-refractivity contribution in [1.29, 1.82) is 0 Å². The van der Waals surface area contributed by atoms with E-state index in [1.807, 2.05) is 0 Å². The molecule has 0 aromatic heterocycles. The van der Waals surface area contributed by atoms with E-state index in [0.29, 0.717) is 35.0 Å². The van der Waals surface area contributed by atoms with Crippen molar-refractivity contribution in [3.05, 3.63) is 154 Å². The van der Waals surface area contributed by atoms with E-state index in [2.05, 4.69) is 120 Å². The van der Waals surface area contributed by atoms with Crippen LogP contribution in [0.15, 0.2) is 154 Å². The van der Waals surface area contributed by atoms with Crippen molar-refractivity contribution < 1.29 is 0 Å². The molecule has 8 aliphatic carbocycles. The summed E-state index contributed by atoms with van der Waals surface area (Å²) in [5.41, 5.74) is 15.5. The molecule has 3 heteroatoms. The average molecular weight is 777 g/mol. The zero-order chi connectivity index (χ0) is 38.4. The van der Waals surface area contributed by atoms with Crippen LogP contribution in [0.1, 0.15) is 128 Å². The van der Waals surface area contributed by atoms with Crippen molar-refractivity contribution in [2.75, 3.05) is 6.54 Å². The van der Waals surface area contributed by atoms with Crippen LogP contribution < -0.4 is 10.6 Å². The maximum Gasteiger partial charge on any atom is 0.0447 e. The molecule has 0 amide bonds. The molecule has 9 rings (SSSR count). The molecule has 1 fully saturated rings. The van der Waals surface area contributed by atoms with Crippen molar-refractivity contribution in [3.8, 4) is 0 Å². The summed E-state index contributed by atoms with van der Waals surface area (Å²) in [7, 11) is 0. The van der Waals surface area contributed by atoms with Crippen LogP contribution in [0.4, 0.5) is 0 Å². The number of nitrogens with one attached hydrogen (secondary N) is 2. The third-order valence-corrected chi connectivity index (χ3v) is 16.3.